The van der Waals surface area contributed by atoms with Crippen LogP contribution in [0.3, 0.4) is 0 Å². The summed E-state index contributed by atoms with van der Waals surface area (Å²) in [6, 6.07) is 15.2. The van der Waals surface area contributed by atoms with Crippen molar-refractivity contribution < 1.29 is 9.59 Å². The predicted octanol–water partition coefficient (Wildman–Crippen LogP) is 2.61. The lowest BCUT2D eigenvalue weighted by molar-refractivity contribution is -0.124. The summed E-state index contributed by atoms with van der Waals surface area (Å²) in [5, 5.41) is 12.2. The van der Waals surface area contributed by atoms with Gasteiger partial charge in [0.05, 0.1) is 24.3 Å². The van der Waals surface area contributed by atoms with Crippen LogP contribution in [0.2, 0.25) is 0 Å². The van der Waals surface area contributed by atoms with Crippen LogP contribution in [-0.2, 0) is 22.6 Å². The van der Waals surface area contributed by atoms with E-state index in [1.165, 1.54) is 0 Å². The monoisotopic (exact) mass is 439 g/mol. The quantitative estimate of drug-likeness (QED) is 0.614. The lowest BCUT2D eigenvalue weighted by atomic mass is 9.93. The molecule has 3 N–H and O–H groups in total. The van der Waals surface area contributed by atoms with Gasteiger partial charge in [-0.15, -0.1) is 12.4 Å². The second kappa shape index (κ2) is 9.85. The van der Waals surface area contributed by atoms with Gasteiger partial charge in [-0.2, -0.15) is 10.2 Å². The van der Waals surface area contributed by atoms with E-state index in [2.05, 4.69) is 21.6 Å². The van der Waals surface area contributed by atoms with Crippen molar-refractivity contribution in [3.05, 3.63) is 65.9 Å². The van der Waals surface area contributed by atoms with Gasteiger partial charge in [-0.3, -0.25) is 9.59 Å². The molecule has 0 radical (unpaired) electrons. The van der Waals surface area contributed by atoms with Gasteiger partial charge >= 0.3 is 0 Å². The number of anilines is 1. The number of hydrogen-bond donors (Lipinski definition) is 2. The van der Waals surface area contributed by atoms with Crippen molar-refractivity contribution in [1.82, 2.24) is 15.5 Å². The summed E-state index contributed by atoms with van der Waals surface area (Å²) in [5.74, 6) is -0.742. The molecule has 0 fully saturated rings. The number of fused-ring (bicyclic) bond motifs is 2. The number of likely N-dealkylation sites (N-methyl/N-ethyl adjacent to an activating group) is 1. The highest BCUT2D eigenvalue weighted by Crippen LogP contribution is 2.33. The molecule has 2 atom stereocenters. The molecule has 0 aliphatic carbocycles. The molecule has 0 saturated heterocycles. The van der Waals surface area contributed by atoms with Gasteiger partial charge in [0.25, 0.3) is 0 Å². The Balaban J connectivity index is 0.00000272. The third-order valence-electron chi connectivity index (χ3n) is 5.83. The van der Waals surface area contributed by atoms with Gasteiger partial charge in [-0.25, -0.2) is 0 Å². The number of halogens is 1. The Hall–Kier alpha value is -3.03. The van der Waals surface area contributed by atoms with Crippen molar-refractivity contribution >= 4 is 40.8 Å². The molecule has 4 rings (SSSR count). The number of nitrogens with one attached hydrogen (secondary N) is 1. The number of nitrogens with two attached hydrogens (primary N) is 1. The van der Waals surface area contributed by atoms with Gasteiger partial charge in [-0.1, -0.05) is 36.4 Å². The number of aryl methyl sites for hydroxylation is 1. The Morgan fingerprint density at radius 3 is 2.74 bits per heavy atom. The zero-order valence-corrected chi connectivity index (χ0v) is 18.1. The number of aromatic nitrogens is 2. The first-order valence-electron chi connectivity index (χ1n) is 10.1. The summed E-state index contributed by atoms with van der Waals surface area (Å²) in [6.07, 6.45) is 3.54. The van der Waals surface area contributed by atoms with E-state index in [-0.39, 0.29) is 24.2 Å². The Morgan fingerprint density at radius 2 is 1.97 bits per heavy atom. The molecule has 2 heterocycles. The van der Waals surface area contributed by atoms with Crippen LogP contribution in [0.4, 0.5) is 5.69 Å². The Kier molecular flexibility index (Phi) is 7.20. The zero-order chi connectivity index (χ0) is 21.1. The standard InChI is InChI=1S/C23H25N5O2.ClH/c1-25-20(22(24)29)12-16-11-10-15-6-2-5-9-21(15)28(23(16)30)14-17-13-26-27-19-8-4-3-7-18(17)19;/h2-9,13,16,20,25H,10-12,14H2,1H3,(H2,24,29);1H/t16-,20-;/m0./s1. The van der Waals surface area contributed by atoms with Crippen molar-refractivity contribution in [3.8, 4) is 0 Å². The zero-order valence-electron chi connectivity index (χ0n) is 17.3. The van der Waals surface area contributed by atoms with Crippen LogP contribution in [0.1, 0.15) is 24.0 Å². The number of nitrogens with zero attached hydrogens (tertiary/aromatic N) is 3. The molecule has 162 valence electrons. The molecule has 1 aliphatic heterocycles. The molecule has 1 aliphatic rings. The number of hydrogen-bond acceptors (Lipinski definition) is 5. The lowest BCUT2D eigenvalue weighted by Crippen LogP contribution is -2.44. The van der Waals surface area contributed by atoms with Crippen LogP contribution >= 0.6 is 12.4 Å². The van der Waals surface area contributed by atoms with E-state index in [0.717, 1.165) is 34.1 Å². The minimum atomic E-state index is -0.537. The number of para-hydroxylation sites is 1. The van der Waals surface area contributed by atoms with E-state index in [4.69, 9.17) is 5.73 Å². The molecular formula is C23H26ClN5O2. The molecule has 3 aromatic rings. The number of carbonyl (C=O) groups is 2. The first-order chi connectivity index (χ1) is 14.6. The Bertz CT molecular complexity index is 1090. The molecule has 1 aromatic heterocycles. The highest BCUT2D eigenvalue weighted by Gasteiger charge is 2.33. The maximum Gasteiger partial charge on any atom is 0.234 e. The van der Waals surface area contributed by atoms with Gasteiger partial charge in [0, 0.05) is 22.6 Å². The average Bonchev–Trinajstić information content (AvgIpc) is 2.89. The molecule has 0 saturated carbocycles. The second-order valence-corrected chi connectivity index (χ2v) is 7.65. The number of amides is 2. The molecule has 8 heteroatoms. The number of carbonyl (C=O) groups excluding carboxylic acids is 2. The van der Waals surface area contributed by atoms with E-state index in [1.807, 2.05) is 47.4 Å². The highest BCUT2D eigenvalue weighted by molar-refractivity contribution is 5.97. The molecule has 31 heavy (non-hydrogen) atoms. The summed E-state index contributed by atoms with van der Waals surface area (Å²) < 4.78 is 0. The molecule has 7 nitrogen and oxygen atoms in total. The first-order valence-corrected chi connectivity index (χ1v) is 10.1. The number of rotatable bonds is 6. The van der Waals surface area contributed by atoms with Crippen LogP contribution in [0.25, 0.3) is 10.9 Å². The van der Waals surface area contributed by atoms with Gasteiger partial charge in [0.15, 0.2) is 0 Å². The van der Waals surface area contributed by atoms with Crippen molar-refractivity contribution in [2.24, 2.45) is 11.7 Å². The summed E-state index contributed by atoms with van der Waals surface area (Å²) >= 11 is 0. The maximum absolute atomic E-state index is 13.6. The maximum atomic E-state index is 13.6. The highest BCUT2D eigenvalue weighted by atomic mass is 35.5. The second-order valence-electron chi connectivity index (χ2n) is 7.65. The predicted molar refractivity (Wildman–Crippen MR) is 123 cm³/mol. The minimum Gasteiger partial charge on any atom is -0.368 e. The van der Waals surface area contributed by atoms with Crippen molar-refractivity contribution in [2.45, 2.75) is 31.8 Å². The summed E-state index contributed by atoms with van der Waals surface area (Å²) in [6.45, 7) is 0.392. The van der Waals surface area contributed by atoms with E-state index in [0.29, 0.717) is 19.4 Å². The molecule has 0 spiro atoms. The van der Waals surface area contributed by atoms with Crippen molar-refractivity contribution in [1.29, 1.82) is 0 Å². The van der Waals surface area contributed by atoms with Gasteiger partial charge < -0.3 is 16.0 Å². The summed E-state index contributed by atoms with van der Waals surface area (Å²) in [7, 11) is 1.69. The Morgan fingerprint density at radius 1 is 1.23 bits per heavy atom. The molecule has 0 bridgehead atoms. The van der Waals surface area contributed by atoms with Crippen LogP contribution < -0.4 is 16.0 Å². The van der Waals surface area contributed by atoms with Crippen LogP contribution in [0, 0.1) is 5.92 Å². The van der Waals surface area contributed by atoms with Gasteiger partial charge in [-0.05, 0) is 44.0 Å². The van der Waals surface area contributed by atoms with E-state index in [1.54, 1.807) is 13.2 Å². The minimum absolute atomic E-state index is 0. The van der Waals surface area contributed by atoms with Crippen LogP contribution in [0.5, 0.6) is 0 Å². The third-order valence-corrected chi connectivity index (χ3v) is 5.83. The Labute approximate surface area is 187 Å². The number of benzene rings is 2. The van der Waals surface area contributed by atoms with Crippen LogP contribution in [-0.4, -0.2) is 35.1 Å². The van der Waals surface area contributed by atoms with Gasteiger partial charge in [0.2, 0.25) is 11.8 Å². The van der Waals surface area contributed by atoms with E-state index in [9.17, 15) is 9.59 Å². The topological polar surface area (TPSA) is 101 Å². The third kappa shape index (κ3) is 4.68. The fraction of sp³-hybridized carbons (Fsp3) is 0.304. The van der Waals surface area contributed by atoms with Crippen LogP contribution in [0.15, 0.2) is 54.7 Å². The molecular weight excluding hydrogens is 414 g/mol. The lowest BCUT2D eigenvalue weighted by Gasteiger charge is -2.27. The fourth-order valence-corrected chi connectivity index (χ4v) is 4.18. The molecule has 2 aromatic carbocycles. The average molecular weight is 440 g/mol. The first kappa shape index (κ1) is 22.7. The van der Waals surface area contributed by atoms with Crippen molar-refractivity contribution in [3.63, 3.8) is 0 Å². The van der Waals surface area contributed by atoms with Crippen molar-refractivity contribution in [2.75, 3.05) is 11.9 Å². The number of primary amides is 1. The van der Waals surface area contributed by atoms with E-state index < -0.39 is 11.9 Å². The summed E-state index contributed by atoms with van der Waals surface area (Å²) in [5.41, 5.74) is 9.28. The molecule has 2 amide bonds. The SMILES string of the molecule is CN[C@@H](C[C@@H]1CCc2ccccc2N(Cc2cnnc3ccccc23)C1=O)C(N)=O.Cl. The molecule has 0 unspecified atom stereocenters. The van der Waals surface area contributed by atoms with E-state index >= 15 is 0 Å². The normalized spacial score (nSPS) is 16.9. The largest absolute Gasteiger partial charge is 0.368 e. The summed E-state index contributed by atoms with van der Waals surface area (Å²) in [4.78, 5) is 27.2. The fourth-order valence-electron chi connectivity index (χ4n) is 4.18. The smallest absolute Gasteiger partial charge is 0.234 e. The van der Waals surface area contributed by atoms with Gasteiger partial charge in [0.1, 0.15) is 0 Å².